The maximum atomic E-state index is 5.52. The highest BCUT2D eigenvalue weighted by molar-refractivity contribution is 5.85. The Hall–Kier alpha value is -1.58. The summed E-state index contributed by atoms with van der Waals surface area (Å²) in [6, 6.07) is 16.2. The lowest BCUT2D eigenvalue weighted by Gasteiger charge is -2.13. The Morgan fingerprint density at radius 3 is 2.55 bits per heavy atom. The molecule has 0 aliphatic rings. The molecule has 1 heterocycles. The van der Waals surface area contributed by atoms with Gasteiger partial charge in [-0.15, -0.1) is 12.4 Å². The smallest absolute Gasteiger partial charge is 0.213 e. The van der Waals surface area contributed by atoms with E-state index in [4.69, 9.17) is 4.74 Å². The third-order valence-corrected chi connectivity index (χ3v) is 2.99. The zero-order valence-corrected chi connectivity index (χ0v) is 12.5. The van der Waals surface area contributed by atoms with Gasteiger partial charge >= 0.3 is 0 Å². The van der Waals surface area contributed by atoms with Crippen LogP contribution in [0.4, 0.5) is 0 Å². The van der Waals surface area contributed by atoms with Crippen LogP contribution >= 0.6 is 12.4 Å². The summed E-state index contributed by atoms with van der Waals surface area (Å²) in [5.41, 5.74) is 1.36. The van der Waals surface area contributed by atoms with Crippen molar-refractivity contribution in [3.8, 4) is 5.88 Å². The van der Waals surface area contributed by atoms with E-state index in [0.29, 0.717) is 18.4 Å². The van der Waals surface area contributed by atoms with Gasteiger partial charge in [0.2, 0.25) is 5.88 Å². The molecule has 1 aromatic carbocycles. The second-order valence-electron chi connectivity index (χ2n) is 4.53. The van der Waals surface area contributed by atoms with Crippen LogP contribution in [0.2, 0.25) is 0 Å². The van der Waals surface area contributed by atoms with Crippen LogP contribution in [0.1, 0.15) is 18.4 Å². The van der Waals surface area contributed by atoms with Crippen LogP contribution in [0, 0.1) is 0 Å². The van der Waals surface area contributed by atoms with Gasteiger partial charge in [-0.1, -0.05) is 43.3 Å². The maximum Gasteiger partial charge on any atom is 0.213 e. The molecular weight excluding hydrogens is 272 g/mol. The Morgan fingerprint density at radius 2 is 1.85 bits per heavy atom. The van der Waals surface area contributed by atoms with E-state index in [0.717, 1.165) is 13.1 Å². The molecule has 1 atom stereocenters. The molecule has 1 aromatic heterocycles. The first-order valence-corrected chi connectivity index (χ1v) is 6.66. The zero-order valence-electron chi connectivity index (χ0n) is 11.7. The van der Waals surface area contributed by atoms with Gasteiger partial charge in [-0.3, -0.25) is 0 Å². The minimum Gasteiger partial charge on any atom is -0.476 e. The highest BCUT2D eigenvalue weighted by Gasteiger charge is 2.03. The molecule has 2 rings (SSSR count). The SMILES string of the molecule is CC(CNCCOc1ccccn1)c1ccccc1.Cl. The third-order valence-electron chi connectivity index (χ3n) is 2.99. The minimum absolute atomic E-state index is 0. The lowest BCUT2D eigenvalue weighted by Crippen LogP contribution is -2.25. The quantitative estimate of drug-likeness (QED) is 0.795. The lowest BCUT2D eigenvalue weighted by atomic mass is 10.0. The van der Waals surface area contributed by atoms with Crippen LogP contribution in [-0.2, 0) is 0 Å². The molecule has 1 N–H and O–H groups in total. The summed E-state index contributed by atoms with van der Waals surface area (Å²) < 4.78 is 5.52. The van der Waals surface area contributed by atoms with Crippen LogP contribution in [0.25, 0.3) is 0 Å². The summed E-state index contributed by atoms with van der Waals surface area (Å²) in [5.74, 6) is 1.19. The van der Waals surface area contributed by atoms with E-state index in [1.807, 2.05) is 24.3 Å². The van der Waals surface area contributed by atoms with Gasteiger partial charge in [0, 0.05) is 25.4 Å². The van der Waals surface area contributed by atoms with Crippen molar-refractivity contribution in [3.63, 3.8) is 0 Å². The van der Waals surface area contributed by atoms with Crippen molar-refractivity contribution >= 4 is 12.4 Å². The molecule has 20 heavy (non-hydrogen) atoms. The van der Waals surface area contributed by atoms with Crippen molar-refractivity contribution < 1.29 is 4.74 Å². The van der Waals surface area contributed by atoms with Crippen molar-refractivity contribution in [1.29, 1.82) is 0 Å². The van der Waals surface area contributed by atoms with Crippen molar-refractivity contribution in [1.82, 2.24) is 10.3 Å². The van der Waals surface area contributed by atoms with E-state index in [-0.39, 0.29) is 12.4 Å². The van der Waals surface area contributed by atoms with Crippen LogP contribution in [0.5, 0.6) is 5.88 Å². The predicted octanol–water partition coefficient (Wildman–Crippen LogP) is 3.28. The largest absolute Gasteiger partial charge is 0.476 e. The van der Waals surface area contributed by atoms with E-state index in [9.17, 15) is 0 Å². The van der Waals surface area contributed by atoms with E-state index >= 15 is 0 Å². The number of pyridine rings is 1. The van der Waals surface area contributed by atoms with Gasteiger partial charge in [-0.2, -0.15) is 0 Å². The molecule has 0 saturated carbocycles. The Morgan fingerprint density at radius 1 is 1.10 bits per heavy atom. The van der Waals surface area contributed by atoms with Crippen LogP contribution < -0.4 is 10.1 Å². The fraction of sp³-hybridized carbons (Fsp3) is 0.312. The lowest BCUT2D eigenvalue weighted by molar-refractivity contribution is 0.301. The molecule has 0 amide bonds. The summed E-state index contributed by atoms with van der Waals surface area (Å²) in [4.78, 5) is 4.11. The van der Waals surface area contributed by atoms with Gasteiger partial charge in [0.1, 0.15) is 6.61 Å². The van der Waals surface area contributed by atoms with Crippen molar-refractivity contribution in [2.24, 2.45) is 0 Å². The van der Waals surface area contributed by atoms with E-state index < -0.39 is 0 Å². The molecule has 0 bridgehead atoms. The third kappa shape index (κ3) is 5.59. The number of hydrogen-bond acceptors (Lipinski definition) is 3. The number of ether oxygens (including phenoxy) is 1. The van der Waals surface area contributed by atoms with Gasteiger partial charge in [-0.25, -0.2) is 4.98 Å². The van der Waals surface area contributed by atoms with Gasteiger partial charge in [0.05, 0.1) is 0 Å². The second-order valence-corrected chi connectivity index (χ2v) is 4.53. The molecule has 0 aliphatic heterocycles. The highest BCUT2D eigenvalue weighted by Crippen LogP contribution is 2.12. The van der Waals surface area contributed by atoms with Crippen LogP contribution in [-0.4, -0.2) is 24.7 Å². The normalized spacial score (nSPS) is 11.4. The van der Waals surface area contributed by atoms with Gasteiger partial charge in [-0.05, 0) is 17.5 Å². The van der Waals surface area contributed by atoms with Gasteiger partial charge < -0.3 is 10.1 Å². The summed E-state index contributed by atoms with van der Waals surface area (Å²) in [5, 5.41) is 3.40. The summed E-state index contributed by atoms with van der Waals surface area (Å²) in [6.45, 7) is 4.64. The Labute approximate surface area is 126 Å². The zero-order chi connectivity index (χ0) is 13.3. The molecule has 108 valence electrons. The molecule has 0 radical (unpaired) electrons. The first-order chi connectivity index (χ1) is 9.36. The van der Waals surface area contributed by atoms with E-state index in [1.54, 1.807) is 6.20 Å². The molecule has 4 heteroatoms. The van der Waals surface area contributed by atoms with Crippen molar-refractivity contribution in [3.05, 3.63) is 60.3 Å². The van der Waals surface area contributed by atoms with Gasteiger partial charge in [0.25, 0.3) is 0 Å². The fourth-order valence-electron chi connectivity index (χ4n) is 1.88. The molecule has 3 nitrogen and oxygen atoms in total. The summed E-state index contributed by atoms with van der Waals surface area (Å²) >= 11 is 0. The molecule has 0 spiro atoms. The summed E-state index contributed by atoms with van der Waals surface area (Å²) in [7, 11) is 0. The first kappa shape index (κ1) is 16.5. The summed E-state index contributed by atoms with van der Waals surface area (Å²) in [6.07, 6.45) is 1.74. The molecule has 0 saturated heterocycles. The minimum atomic E-state index is 0. The maximum absolute atomic E-state index is 5.52. The Bertz CT molecular complexity index is 464. The van der Waals surface area contributed by atoms with E-state index in [1.165, 1.54) is 5.56 Å². The van der Waals surface area contributed by atoms with Crippen LogP contribution in [0.15, 0.2) is 54.7 Å². The number of aromatic nitrogens is 1. The topological polar surface area (TPSA) is 34.1 Å². The average Bonchev–Trinajstić information content (AvgIpc) is 2.49. The fourth-order valence-corrected chi connectivity index (χ4v) is 1.88. The first-order valence-electron chi connectivity index (χ1n) is 6.66. The van der Waals surface area contributed by atoms with E-state index in [2.05, 4.69) is 41.5 Å². The number of halogens is 1. The Kier molecular flexibility index (Phi) is 7.70. The number of rotatable bonds is 7. The van der Waals surface area contributed by atoms with Crippen molar-refractivity contribution in [2.45, 2.75) is 12.8 Å². The number of nitrogens with one attached hydrogen (secondary N) is 1. The van der Waals surface area contributed by atoms with Gasteiger partial charge in [0.15, 0.2) is 0 Å². The molecule has 2 aromatic rings. The second kappa shape index (κ2) is 9.34. The average molecular weight is 293 g/mol. The molecule has 0 aliphatic carbocycles. The Balaban J connectivity index is 0.00000200. The predicted molar refractivity (Wildman–Crippen MR) is 84.7 cm³/mol. The number of nitrogens with zero attached hydrogens (tertiary/aromatic N) is 1. The molecular formula is C16H21ClN2O. The standard InChI is InChI=1S/C16H20N2O.ClH/c1-14(15-7-3-2-4-8-15)13-17-11-12-19-16-9-5-6-10-18-16;/h2-10,14,17H,11-13H2,1H3;1H. The molecule has 1 unspecified atom stereocenters. The molecule has 0 fully saturated rings. The number of hydrogen-bond donors (Lipinski definition) is 1. The monoisotopic (exact) mass is 292 g/mol. The highest BCUT2D eigenvalue weighted by atomic mass is 35.5. The van der Waals surface area contributed by atoms with Crippen LogP contribution in [0.3, 0.4) is 0 Å². The van der Waals surface area contributed by atoms with Crippen molar-refractivity contribution in [2.75, 3.05) is 19.7 Å². The number of benzene rings is 1.